The molecule has 0 unspecified atom stereocenters. The van der Waals surface area contributed by atoms with Gasteiger partial charge in [-0.2, -0.15) is 0 Å². The molecule has 0 radical (unpaired) electrons. The fraction of sp³-hybridized carbons (Fsp3) is 0.200. The molecule has 3 rings (SSSR count). The molecule has 3 aromatic rings. The zero-order valence-corrected chi connectivity index (χ0v) is 16.6. The molecule has 0 spiro atoms. The molecule has 0 aliphatic heterocycles. The molecule has 0 atom stereocenters. The Morgan fingerprint density at radius 1 is 1.11 bits per heavy atom. The van der Waals surface area contributed by atoms with E-state index in [-0.39, 0.29) is 24.1 Å². The number of likely N-dealkylation sites (N-methyl/N-ethyl adjacent to an activating group) is 1. The smallest absolute Gasteiger partial charge is 0.289 e. The molecule has 2 aromatic heterocycles. The Morgan fingerprint density at radius 3 is 2.39 bits per heavy atom. The van der Waals surface area contributed by atoms with Gasteiger partial charge in [-0.1, -0.05) is 0 Å². The second-order valence-electron chi connectivity index (χ2n) is 6.25. The standard InChI is InChI=1S/C20H20N4O3S/c1-13-11-14(2)22-20(21-13)28-16-8-6-15(7-9-16)23-18(25)12-24(3)19(26)17-5-4-10-27-17/h4-11H,12H2,1-3H3,(H,23,25). The Bertz CT molecular complexity index is 951. The van der Waals surface area contributed by atoms with Crippen LogP contribution >= 0.6 is 11.8 Å². The third-order valence-electron chi connectivity index (χ3n) is 3.77. The zero-order valence-electron chi connectivity index (χ0n) is 15.8. The first-order valence-electron chi connectivity index (χ1n) is 8.60. The Hall–Kier alpha value is -3.13. The quantitative estimate of drug-likeness (QED) is 0.641. The predicted molar refractivity (Wildman–Crippen MR) is 106 cm³/mol. The monoisotopic (exact) mass is 396 g/mol. The van der Waals surface area contributed by atoms with Crippen LogP contribution in [-0.4, -0.2) is 40.3 Å². The maximum atomic E-state index is 12.2. The van der Waals surface area contributed by atoms with E-state index in [0.717, 1.165) is 16.3 Å². The summed E-state index contributed by atoms with van der Waals surface area (Å²) in [5, 5.41) is 3.47. The van der Waals surface area contributed by atoms with Crippen LogP contribution in [0.25, 0.3) is 0 Å². The average Bonchev–Trinajstić information content (AvgIpc) is 3.16. The highest BCUT2D eigenvalue weighted by atomic mass is 32.2. The van der Waals surface area contributed by atoms with E-state index >= 15 is 0 Å². The van der Waals surface area contributed by atoms with Crippen molar-refractivity contribution in [1.29, 1.82) is 0 Å². The van der Waals surface area contributed by atoms with Gasteiger partial charge in [0.2, 0.25) is 5.91 Å². The second kappa shape index (κ2) is 8.71. The molecule has 0 bridgehead atoms. The number of aromatic nitrogens is 2. The van der Waals surface area contributed by atoms with E-state index in [2.05, 4.69) is 15.3 Å². The lowest BCUT2D eigenvalue weighted by Gasteiger charge is -2.15. The molecule has 7 nitrogen and oxygen atoms in total. The highest BCUT2D eigenvalue weighted by molar-refractivity contribution is 7.99. The molecule has 0 aliphatic carbocycles. The molecule has 144 valence electrons. The van der Waals surface area contributed by atoms with Crippen molar-refractivity contribution >= 4 is 29.3 Å². The first kappa shape index (κ1) is 19.6. The van der Waals surface area contributed by atoms with Gasteiger partial charge in [-0.25, -0.2) is 9.97 Å². The molecule has 0 aliphatic rings. The third-order valence-corrected chi connectivity index (χ3v) is 4.64. The van der Waals surface area contributed by atoms with Crippen molar-refractivity contribution in [3.63, 3.8) is 0 Å². The van der Waals surface area contributed by atoms with E-state index in [9.17, 15) is 9.59 Å². The molecular weight excluding hydrogens is 376 g/mol. The molecule has 0 saturated carbocycles. The van der Waals surface area contributed by atoms with Gasteiger partial charge < -0.3 is 14.6 Å². The largest absolute Gasteiger partial charge is 0.459 e. The van der Waals surface area contributed by atoms with Crippen LogP contribution in [0, 0.1) is 13.8 Å². The van der Waals surface area contributed by atoms with E-state index in [4.69, 9.17) is 4.42 Å². The highest BCUT2D eigenvalue weighted by Crippen LogP contribution is 2.26. The number of amides is 2. The minimum atomic E-state index is -0.347. The molecule has 2 amide bonds. The average molecular weight is 396 g/mol. The summed E-state index contributed by atoms with van der Waals surface area (Å²) in [5.41, 5.74) is 2.49. The Balaban J connectivity index is 1.56. The Morgan fingerprint density at radius 2 is 1.79 bits per heavy atom. The van der Waals surface area contributed by atoms with E-state index in [0.29, 0.717) is 10.8 Å². The molecule has 1 N–H and O–H groups in total. The van der Waals surface area contributed by atoms with Crippen molar-refractivity contribution in [3.05, 3.63) is 65.9 Å². The van der Waals surface area contributed by atoms with Gasteiger partial charge in [0.25, 0.3) is 5.91 Å². The summed E-state index contributed by atoms with van der Waals surface area (Å²) in [6.45, 7) is 3.79. The number of hydrogen-bond donors (Lipinski definition) is 1. The molecule has 28 heavy (non-hydrogen) atoms. The summed E-state index contributed by atoms with van der Waals surface area (Å²) in [7, 11) is 1.55. The van der Waals surface area contributed by atoms with Crippen LogP contribution in [0.2, 0.25) is 0 Å². The number of anilines is 1. The van der Waals surface area contributed by atoms with Crippen LogP contribution in [0.15, 0.2) is 63.2 Å². The number of carbonyl (C=O) groups is 2. The minimum absolute atomic E-state index is 0.0769. The molecule has 0 saturated heterocycles. The number of rotatable bonds is 6. The lowest BCUT2D eigenvalue weighted by Crippen LogP contribution is -2.34. The van der Waals surface area contributed by atoms with Crippen molar-refractivity contribution in [2.75, 3.05) is 18.9 Å². The Labute approximate surface area is 167 Å². The normalized spacial score (nSPS) is 10.5. The van der Waals surface area contributed by atoms with Crippen molar-refractivity contribution in [1.82, 2.24) is 14.9 Å². The number of hydrogen-bond acceptors (Lipinski definition) is 6. The lowest BCUT2D eigenvalue weighted by atomic mass is 10.3. The molecular formula is C20H20N4O3S. The molecule has 2 heterocycles. The maximum Gasteiger partial charge on any atom is 0.289 e. The van der Waals surface area contributed by atoms with Crippen molar-refractivity contribution in [3.8, 4) is 0 Å². The summed E-state index contributed by atoms with van der Waals surface area (Å²) >= 11 is 1.46. The van der Waals surface area contributed by atoms with E-state index < -0.39 is 0 Å². The van der Waals surface area contributed by atoms with E-state index in [1.165, 1.54) is 22.9 Å². The van der Waals surface area contributed by atoms with Gasteiger partial charge in [0, 0.05) is 29.0 Å². The number of nitrogens with zero attached hydrogens (tertiary/aromatic N) is 3. The zero-order chi connectivity index (χ0) is 20.1. The van der Waals surface area contributed by atoms with Gasteiger partial charge in [0.15, 0.2) is 10.9 Å². The fourth-order valence-electron chi connectivity index (χ4n) is 2.53. The highest BCUT2D eigenvalue weighted by Gasteiger charge is 2.17. The summed E-state index contributed by atoms with van der Waals surface area (Å²) in [4.78, 5) is 35.4. The Kier molecular flexibility index (Phi) is 6.10. The van der Waals surface area contributed by atoms with Gasteiger partial charge in [-0.15, -0.1) is 0 Å². The van der Waals surface area contributed by atoms with Crippen LogP contribution < -0.4 is 5.32 Å². The van der Waals surface area contributed by atoms with Gasteiger partial charge in [0.1, 0.15) is 0 Å². The number of furan rings is 1. The summed E-state index contributed by atoms with van der Waals surface area (Å²) in [5.74, 6) is -0.439. The molecule has 1 aromatic carbocycles. The van der Waals surface area contributed by atoms with Gasteiger partial charge in [-0.3, -0.25) is 9.59 Å². The number of carbonyl (C=O) groups excluding carboxylic acids is 2. The summed E-state index contributed by atoms with van der Waals surface area (Å²) < 4.78 is 5.06. The summed E-state index contributed by atoms with van der Waals surface area (Å²) in [6, 6.07) is 12.5. The van der Waals surface area contributed by atoms with Gasteiger partial charge in [-0.05, 0) is 68.1 Å². The SMILES string of the molecule is Cc1cc(C)nc(Sc2ccc(NC(=O)CN(C)C(=O)c3ccco3)cc2)n1. The molecule has 8 heteroatoms. The van der Waals surface area contributed by atoms with Crippen molar-refractivity contribution in [2.24, 2.45) is 0 Å². The first-order chi connectivity index (χ1) is 13.4. The third kappa shape index (κ3) is 5.20. The van der Waals surface area contributed by atoms with Crippen molar-refractivity contribution < 1.29 is 14.0 Å². The number of benzene rings is 1. The van der Waals surface area contributed by atoms with Crippen LogP contribution in [-0.2, 0) is 4.79 Å². The number of nitrogens with one attached hydrogen (secondary N) is 1. The second-order valence-corrected chi connectivity index (χ2v) is 7.29. The van der Waals surface area contributed by atoms with Crippen LogP contribution in [0.5, 0.6) is 0 Å². The topological polar surface area (TPSA) is 88.3 Å². The first-order valence-corrected chi connectivity index (χ1v) is 9.41. The summed E-state index contributed by atoms with van der Waals surface area (Å²) in [6.07, 6.45) is 1.42. The predicted octanol–water partition coefficient (Wildman–Crippen LogP) is 3.55. The van der Waals surface area contributed by atoms with Crippen molar-refractivity contribution in [2.45, 2.75) is 23.9 Å². The van der Waals surface area contributed by atoms with E-state index in [1.807, 2.05) is 32.0 Å². The van der Waals surface area contributed by atoms with Crippen LogP contribution in [0.3, 0.4) is 0 Å². The maximum absolute atomic E-state index is 12.2. The number of aryl methyl sites for hydroxylation is 2. The molecule has 0 fully saturated rings. The fourth-order valence-corrected chi connectivity index (χ4v) is 3.39. The minimum Gasteiger partial charge on any atom is -0.459 e. The van der Waals surface area contributed by atoms with Crippen LogP contribution in [0.4, 0.5) is 5.69 Å². The van der Waals surface area contributed by atoms with Crippen LogP contribution in [0.1, 0.15) is 21.9 Å². The van der Waals surface area contributed by atoms with Gasteiger partial charge >= 0.3 is 0 Å². The lowest BCUT2D eigenvalue weighted by molar-refractivity contribution is -0.116. The van der Waals surface area contributed by atoms with Gasteiger partial charge in [0.05, 0.1) is 12.8 Å². The van der Waals surface area contributed by atoms with E-state index in [1.54, 1.807) is 31.3 Å².